The minimum atomic E-state index is -4.23. The summed E-state index contributed by atoms with van der Waals surface area (Å²) in [7, 11) is -1.55. The highest BCUT2D eigenvalue weighted by molar-refractivity contribution is 7.85. The molecular formula is C14H22FNO6S. The van der Waals surface area contributed by atoms with Gasteiger partial charge in [0.25, 0.3) is 10.1 Å². The number of aliphatic hydroxyl groups excluding tert-OH is 1. The molecule has 0 aliphatic carbocycles. The zero-order chi connectivity index (χ0) is 17.6. The number of aliphatic hydroxyl groups is 1. The van der Waals surface area contributed by atoms with Crippen LogP contribution in [0.5, 0.6) is 11.5 Å². The van der Waals surface area contributed by atoms with E-state index in [1.807, 2.05) is 6.92 Å². The number of nitrogens with zero attached hydrogens (tertiary/aromatic N) is 1. The molecule has 0 spiro atoms. The molecule has 0 aliphatic rings. The summed E-state index contributed by atoms with van der Waals surface area (Å²) in [6.45, 7) is 2.71. The predicted molar refractivity (Wildman–Crippen MR) is 84.4 cm³/mol. The molecule has 1 atom stereocenters. The van der Waals surface area contributed by atoms with E-state index in [9.17, 15) is 17.9 Å². The van der Waals surface area contributed by atoms with Gasteiger partial charge in [-0.15, -0.1) is 0 Å². The minimum Gasteiger partial charge on any atom is -0.493 e. The van der Waals surface area contributed by atoms with E-state index < -0.39 is 27.8 Å². The molecule has 0 fully saturated rings. The summed E-state index contributed by atoms with van der Waals surface area (Å²) in [5, 5.41) is 9.65. The third-order valence-electron chi connectivity index (χ3n) is 3.31. The first-order valence-corrected chi connectivity index (χ1v) is 8.62. The molecule has 0 bridgehead atoms. The fourth-order valence-corrected chi connectivity index (χ4v) is 2.79. The maximum atomic E-state index is 13.9. The SMILES string of the molecule is CCN(CCC(O)CS(=O)(=O)O)c1cc(OC)c(F)c(OC)c1. The lowest BCUT2D eigenvalue weighted by Gasteiger charge is -2.25. The molecule has 0 aliphatic heterocycles. The fourth-order valence-electron chi connectivity index (χ4n) is 2.14. The molecule has 0 saturated carbocycles. The summed E-state index contributed by atoms with van der Waals surface area (Å²) >= 11 is 0. The van der Waals surface area contributed by atoms with Gasteiger partial charge in [0.2, 0.25) is 5.82 Å². The Balaban J connectivity index is 2.89. The van der Waals surface area contributed by atoms with Crippen molar-refractivity contribution in [3.8, 4) is 11.5 Å². The monoisotopic (exact) mass is 351 g/mol. The zero-order valence-corrected chi connectivity index (χ0v) is 14.1. The maximum Gasteiger partial charge on any atom is 0.267 e. The van der Waals surface area contributed by atoms with E-state index in [-0.39, 0.29) is 17.9 Å². The third-order valence-corrected chi connectivity index (χ3v) is 4.12. The van der Waals surface area contributed by atoms with Gasteiger partial charge in [0.05, 0.1) is 20.3 Å². The molecule has 9 heteroatoms. The smallest absolute Gasteiger partial charge is 0.267 e. The van der Waals surface area contributed by atoms with E-state index in [1.54, 1.807) is 4.90 Å². The molecule has 7 nitrogen and oxygen atoms in total. The van der Waals surface area contributed by atoms with Crippen LogP contribution in [-0.2, 0) is 10.1 Å². The summed E-state index contributed by atoms with van der Waals surface area (Å²) in [6.07, 6.45) is -1.07. The van der Waals surface area contributed by atoms with Gasteiger partial charge in [-0.1, -0.05) is 0 Å². The van der Waals surface area contributed by atoms with Crippen molar-refractivity contribution in [2.75, 3.05) is 38.0 Å². The lowest BCUT2D eigenvalue weighted by Crippen LogP contribution is -2.30. The van der Waals surface area contributed by atoms with Gasteiger partial charge in [0.1, 0.15) is 5.75 Å². The lowest BCUT2D eigenvalue weighted by atomic mass is 10.2. The molecule has 23 heavy (non-hydrogen) atoms. The Morgan fingerprint density at radius 2 is 1.78 bits per heavy atom. The van der Waals surface area contributed by atoms with Crippen LogP contribution in [0.3, 0.4) is 0 Å². The molecule has 0 radical (unpaired) electrons. The Hall–Kier alpha value is -1.58. The first-order valence-electron chi connectivity index (χ1n) is 7.01. The van der Waals surface area contributed by atoms with Crippen LogP contribution < -0.4 is 14.4 Å². The molecular weight excluding hydrogens is 329 g/mol. The molecule has 0 heterocycles. The summed E-state index contributed by atoms with van der Waals surface area (Å²) in [4.78, 5) is 1.80. The van der Waals surface area contributed by atoms with Crippen molar-refractivity contribution in [2.24, 2.45) is 0 Å². The van der Waals surface area contributed by atoms with Crippen LogP contribution in [0.4, 0.5) is 10.1 Å². The van der Waals surface area contributed by atoms with E-state index in [0.717, 1.165) is 0 Å². The normalized spacial score (nSPS) is 12.8. The molecule has 1 aromatic rings. The average Bonchev–Trinajstić information content (AvgIpc) is 2.47. The first-order chi connectivity index (χ1) is 10.7. The quantitative estimate of drug-likeness (QED) is 0.648. The van der Waals surface area contributed by atoms with Gasteiger partial charge in [0.15, 0.2) is 11.5 Å². The topological polar surface area (TPSA) is 96.3 Å². The molecule has 0 amide bonds. The van der Waals surface area contributed by atoms with Crippen molar-refractivity contribution in [1.29, 1.82) is 0 Å². The van der Waals surface area contributed by atoms with Gasteiger partial charge < -0.3 is 19.5 Å². The van der Waals surface area contributed by atoms with Gasteiger partial charge in [-0.25, -0.2) is 0 Å². The number of hydrogen-bond donors (Lipinski definition) is 2. The molecule has 0 saturated heterocycles. The molecule has 1 rings (SSSR count). The number of halogens is 1. The van der Waals surface area contributed by atoms with Crippen molar-refractivity contribution in [1.82, 2.24) is 0 Å². The van der Waals surface area contributed by atoms with Gasteiger partial charge in [0, 0.05) is 30.9 Å². The summed E-state index contributed by atoms with van der Waals surface area (Å²) < 4.78 is 54.1. The van der Waals surface area contributed by atoms with Crippen LogP contribution in [-0.4, -0.2) is 57.2 Å². The second-order valence-corrected chi connectivity index (χ2v) is 6.43. The van der Waals surface area contributed by atoms with Crippen LogP contribution in [0.2, 0.25) is 0 Å². The number of hydrogen-bond acceptors (Lipinski definition) is 6. The van der Waals surface area contributed by atoms with E-state index >= 15 is 0 Å². The van der Waals surface area contributed by atoms with Crippen LogP contribution in [0.15, 0.2) is 12.1 Å². The Morgan fingerprint density at radius 1 is 1.26 bits per heavy atom. The number of methoxy groups -OCH3 is 2. The van der Waals surface area contributed by atoms with Crippen molar-refractivity contribution in [3.05, 3.63) is 17.9 Å². The number of anilines is 1. The number of rotatable bonds is 9. The van der Waals surface area contributed by atoms with Crippen LogP contribution in [0.25, 0.3) is 0 Å². The van der Waals surface area contributed by atoms with Crippen molar-refractivity contribution >= 4 is 15.8 Å². The lowest BCUT2D eigenvalue weighted by molar-refractivity contribution is 0.186. The highest BCUT2D eigenvalue weighted by atomic mass is 32.2. The van der Waals surface area contributed by atoms with Crippen molar-refractivity contribution in [3.63, 3.8) is 0 Å². The van der Waals surface area contributed by atoms with Gasteiger partial charge >= 0.3 is 0 Å². The fraction of sp³-hybridized carbons (Fsp3) is 0.571. The van der Waals surface area contributed by atoms with Crippen molar-refractivity contribution in [2.45, 2.75) is 19.4 Å². The Morgan fingerprint density at radius 3 is 2.17 bits per heavy atom. The Kier molecular flexibility index (Phi) is 7.04. The highest BCUT2D eigenvalue weighted by Gasteiger charge is 2.18. The molecule has 0 aromatic heterocycles. The molecule has 1 unspecified atom stereocenters. The predicted octanol–water partition coefficient (Wildman–Crippen LogP) is 1.31. The summed E-state index contributed by atoms with van der Waals surface area (Å²) in [5.41, 5.74) is 0.613. The maximum absolute atomic E-state index is 13.9. The zero-order valence-electron chi connectivity index (χ0n) is 13.3. The van der Waals surface area contributed by atoms with E-state index in [0.29, 0.717) is 18.8 Å². The summed E-state index contributed by atoms with van der Waals surface area (Å²) in [6, 6.07) is 2.99. The Labute approximate surface area is 135 Å². The van der Waals surface area contributed by atoms with Gasteiger partial charge in [-0.05, 0) is 13.3 Å². The third kappa shape index (κ3) is 5.85. The van der Waals surface area contributed by atoms with E-state index in [4.69, 9.17) is 14.0 Å². The van der Waals surface area contributed by atoms with E-state index in [2.05, 4.69) is 0 Å². The van der Waals surface area contributed by atoms with Crippen molar-refractivity contribution < 1.29 is 31.9 Å². The Bertz CT molecular complexity index is 597. The van der Waals surface area contributed by atoms with E-state index in [1.165, 1.54) is 26.4 Å². The molecule has 1 aromatic carbocycles. The van der Waals surface area contributed by atoms with Crippen LogP contribution in [0, 0.1) is 5.82 Å². The average molecular weight is 351 g/mol. The highest BCUT2D eigenvalue weighted by Crippen LogP contribution is 2.32. The van der Waals surface area contributed by atoms with Gasteiger partial charge in [-0.3, -0.25) is 4.55 Å². The van der Waals surface area contributed by atoms with Crippen LogP contribution in [0.1, 0.15) is 13.3 Å². The molecule has 132 valence electrons. The summed E-state index contributed by atoms with van der Waals surface area (Å²) in [5.74, 6) is -1.28. The number of benzene rings is 1. The first kappa shape index (κ1) is 19.5. The standard InChI is InChI=1S/C14H22FNO6S/c1-4-16(6-5-11(17)9-23(18,19)20)10-7-12(21-2)14(15)13(8-10)22-3/h7-8,11,17H,4-6,9H2,1-3H3,(H,18,19,20). The second kappa shape index (κ2) is 8.32. The second-order valence-electron chi connectivity index (χ2n) is 4.94. The number of ether oxygens (including phenoxy) is 2. The molecule has 2 N–H and O–H groups in total. The van der Waals surface area contributed by atoms with Gasteiger partial charge in [-0.2, -0.15) is 12.8 Å². The van der Waals surface area contributed by atoms with Crippen LogP contribution >= 0.6 is 0 Å². The minimum absolute atomic E-state index is 0.0243. The largest absolute Gasteiger partial charge is 0.493 e.